The maximum atomic E-state index is 6.36. The van der Waals surface area contributed by atoms with Crippen molar-refractivity contribution >= 4 is 23.4 Å². The number of ether oxygens (including phenoxy) is 1. The highest BCUT2D eigenvalue weighted by molar-refractivity contribution is 7.47. The van der Waals surface area contributed by atoms with Crippen molar-refractivity contribution in [3.05, 3.63) is 0 Å². The summed E-state index contributed by atoms with van der Waals surface area (Å²) in [6, 6.07) is 0.894. The average Bonchev–Trinajstić information content (AvgIpc) is 2.79. The second-order valence-electron chi connectivity index (χ2n) is 5.76. The lowest BCUT2D eigenvalue weighted by molar-refractivity contribution is 0.0392. The van der Waals surface area contributed by atoms with Crippen molar-refractivity contribution in [2.45, 2.75) is 77.8 Å². The fraction of sp³-hybridized carbons (Fsp3) is 1.00. The maximum absolute atomic E-state index is 6.36. The summed E-state index contributed by atoms with van der Waals surface area (Å²) < 4.78 is 14.6. The molecule has 0 aromatic carbocycles. The minimum atomic E-state index is -0.820. The summed E-state index contributed by atoms with van der Waals surface area (Å²) in [6.07, 6.45) is 2.05. The molecule has 0 bridgehead atoms. The number of rotatable bonds is 8. The molecule has 0 aromatic rings. The third-order valence-electron chi connectivity index (χ3n) is 3.54. The predicted molar refractivity (Wildman–Crippen MR) is 88.0 cm³/mol. The first-order chi connectivity index (χ1) is 9.44. The van der Waals surface area contributed by atoms with Gasteiger partial charge in [-0.1, -0.05) is 6.92 Å². The Kier molecular flexibility index (Phi) is 8.07. The van der Waals surface area contributed by atoms with Gasteiger partial charge >= 0.3 is 0 Å². The van der Waals surface area contributed by atoms with E-state index in [0.29, 0.717) is 12.1 Å². The van der Waals surface area contributed by atoms with E-state index in [4.69, 9.17) is 17.0 Å². The topological polar surface area (TPSA) is 33.7 Å². The quantitative estimate of drug-likeness (QED) is 0.550. The van der Waals surface area contributed by atoms with E-state index in [1.807, 2.05) is 7.05 Å². The summed E-state index contributed by atoms with van der Waals surface area (Å²) in [5.41, 5.74) is 0. The molecule has 20 heavy (non-hydrogen) atoms. The Morgan fingerprint density at radius 1 is 1.40 bits per heavy atom. The second kappa shape index (κ2) is 8.75. The van der Waals surface area contributed by atoms with Crippen LogP contribution >= 0.6 is 8.45 Å². The van der Waals surface area contributed by atoms with Gasteiger partial charge in [0.25, 0.3) is 0 Å². The van der Waals surface area contributed by atoms with E-state index >= 15 is 0 Å². The zero-order valence-electron chi connectivity index (χ0n) is 13.7. The third-order valence-corrected chi connectivity index (χ3v) is 5.74. The number of nitrogens with zero attached hydrogens (tertiary/aromatic N) is 1. The Hall–Kier alpha value is 0.400. The first-order valence-corrected chi connectivity index (χ1v) is 8.78. The first-order valence-electron chi connectivity index (χ1n) is 7.57. The van der Waals surface area contributed by atoms with Crippen LogP contribution in [0.1, 0.15) is 47.5 Å². The van der Waals surface area contributed by atoms with E-state index in [0.717, 1.165) is 12.8 Å². The molecule has 1 heterocycles. The molecule has 3 radical (unpaired) electrons. The van der Waals surface area contributed by atoms with Crippen molar-refractivity contribution in [1.82, 2.24) is 9.76 Å². The molecule has 0 aromatic heterocycles. The molecule has 1 N–H and O–H groups in total. The van der Waals surface area contributed by atoms with Crippen LogP contribution in [0.2, 0.25) is 0 Å². The van der Waals surface area contributed by atoms with Crippen molar-refractivity contribution in [2.24, 2.45) is 0 Å². The van der Waals surface area contributed by atoms with Crippen molar-refractivity contribution in [3.63, 3.8) is 0 Å². The van der Waals surface area contributed by atoms with Crippen LogP contribution in [0.25, 0.3) is 0 Å². The van der Waals surface area contributed by atoms with Crippen LogP contribution in [0.3, 0.4) is 0 Å². The van der Waals surface area contributed by atoms with Crippen molar-refractivity contribution in [3.8, 4) is 0 Å². The predicted octanol–water partition coefficient (Wildman–Crippen LogP) is 2.25. The standard InChI is InChI=1S/C13H28B2N2O2P/c1-7-11-12(8-13(15-14)18-11)19-20(16-6)17(9(2)3)10(4)5/h9-13,16H,7-8H2,1-6H3/t11-,12?,13-,20?/m1/s1. The molecule has 7 heteroatoms. The maximum Gasteiger partial charge on any atom is 0.185 e. The van der Waals surface area contributed by atoms with E-state index in [1.165, 1.54) is 0 Å². The summed E-state index contributed by atoms with van der Waals surface area (Å²) in [7, 11) is 8.39. The van der Waals surface area contributed by atoms with Gasteiger partial charge in [0.1, 0.15) is 0 Å². The van der Waals surface area contributed by atoms with E-state index in [9.17, 15) is 0 Å². The number of hydrogen-bond acceptors (Lipinski definition) is 4. The lowest BCUT2D eigenvalue weighted by Gasteiger charge is -2.38. The molecule has 1 saturated heterocycles. The summed E-state index contributed by atoms with van der Waals surface area (Å²) in [4.78, 5) is 0. The molecule has 1 aliphatic heterocycles. The first kappa shape index (κ1) is 18.4. The minimum absolute atomic E-state index is 0.0187. The monoisotopic (exact) mass is 297 g/mol. The van der Waals surface area contributed by atoms with Crippen LogP contribution in [0.5, 0.6) is 0 Å². The zero-order chi connectivity index (χ0) is 15.3. The normalized spacial score (nSPS) is 28.6. The Bertz CT molecular complexity index is 277. The molecule has 0 spiro atoms. The lowest BCUT2D eigenvalue weighted by Crippen LogP contribution is -2.38. The van der Waals surface area contributed by atoms with E-state index in [-0.39, 0.29) is 18.2 Å². The molecule has 1 fully saturated rings. The Morgan fingerprint density at radius 3 is 2.40 bits per heavy atom. The van der Waals surface area contributed by atoms with Gasteiger partial charge in [0.15, 0.2) is 8.45 Å². The minimum Gasteiger partial charge on any atom is -0.382 e. The molecule has 0 amide bonds. The van der Waals surface area contributed by atoms with Gasteiger partial charge in [0, 0.05) is 25.8 Å². The molecule has 113 valence electrons. The lowest BCUT2D eigenvalue weighted by atomic mass is 9.51. The summed E-state index contributed by atoms with van der Waals surface area (Å²) >= 11 is 0. The summed E-state index contributed by atoms with van der Waals surface area (Å²) in [6.45, 7) is 10.9. The van der Waals surface area contributed by atoms with Crippen LogP contribution in [0.4, 0.5) is 0 Å². The fourth-order valence-electron chi connectivity index (χ4n) is 2.71. The second-order valence-corrected chi connectivity index (χ2v) is 7.42. The number of hydrogen-bond donors (Lipinski definition) is 1. The largest absolute Gasteiger partial charge is 0.382 e. The fourth-order valence-corrected chi connectivity index (χ4v) is 4.47. The Morgan fingerprint density at radius 2 is 2.00 bits per heavy atom. The molecule has 4 atom stereocenters. The van der Waals surface area contributed by atoms with Gasteiger partial charge in [-0.25, -0.2) is 4.67 Å². The number of nitrogens with one attached hydrogen (secondary N) is 1. The van der Waals surface area contributed by atoms with Crippen LogP contribution < -0.4 is 5.09 Å². The summed E-state index contributed by atoms with van der Waals surface area (Å²) in [5, 5.41) is 3.34. The molecule has 0 saturated carbocycles. The van der Waals surface area contributed by atoms with E-state index in [1.54, 1.807) is 7.17 Å². The molecule has 4 nitrogen and oxygen atoms in total. The van der Waals surface area contributed by atoms with Crippen LogP contribution in [0.15, 0.2) is 0 Å². The SMILES string of the molecule is [B][B][C@H]1CC(OP(NC)N(C(C)C)C(C)C)[C@@H](CC)O1. The van der Waals surface area contributed by atoms with Gasteiger partial charge in [-0.3, -0.25) is 5.09 Å². The summed E-state index contributed by atoms with van der Waals surface area (Å²) in [5.74, 6) is 0. The molecule has 1 aliphatic rings. The van der Waals surface area contributed by atoms with E-state index in [2.05, 4.69) is 44.4 Å². The van der Waals surface area contributed by atoms with Gasteiger partial charge in [-0.05, 0) is 47.6 Å². The van der Waals surface area contributed by atoms with Crippen LogP contribution in [-0.2, 0) is 9.26 Å². The van der Waals surface area contributed by atoms with Gasteiger partial charge in [-0.15, -0.1) is 0 Å². The Balaban J connectivity index is 2.71. The average molecular weight is 297 g/mol. The van der Waals surface area contributed by atoms with Gasteiger partial charge in [0.05, 0.1) is 19.4 Å². The third kappa shape index (κ3) is 4.71. The van der Waals surface area contributed by atoms with Gasteiger partial charge in [-0.2, -0.15) is 0 Å². The highest BCUT2D eigenvalue weighted by atomic mass is 31.2. The Labute approximate surface area is 127 Å². The highest BCUT2D eigenvalue weighted by Gasteiger charge is 2.37. The van der Waals surface area contributed by atoms with Crippen molar-refractivity contribution < 1.29 is 9.26 Å². The van der Waals surface area contributed by atoms with E-state index < -0.39 is 8.45 Å². The zero-order valence-corrected chi connectivity index (χ0v) is 14.6. The highest BCUT2D eigenvalue weighted by Crippen LogP contribution is 2.44. The van der Waals surface area contributed by atoms with Crippen molar-refractivity contribution in [2.75, 3.05) is 7.05 Å². The van der Waals surface area contributed by atoms with Gasteiger partial charge in [0.2, 0.25) is 0 Å². The molecule has 0 aliphatic carbocycles. The molecular formula is C13H28B2N2O2P. The molecule has 1 rings (SSSR count). The smallest absolute Gasteiger partial charge is 0.185 e. The van der Waals surface area contributed by atoms with Gasteiger partial charge < -0.3 is 9.26 Å². The molecular weight excluding hydrogens is 269 g/mol. The van der Waals surface area contributed by atoms with Crippen molar-refractivity contribution in [1.29, 1.82) is 0 Å². The molecule has 2 unspecified atom stereocenters. The van der Waals surface area contributed by atoms with Crippen LogP contribution in [-0.4, -0.2) is 56.9 Å². The van der Waals surface area contributed by atoms with Crippen LogP contribution in [0, 0.1) is 0 Å².